The number of ether oxygens (including phenoxy) is 1. The topological polar surface area (TPSA) is 111 Å². The number of hydrogen-bond donors (Lipinski definition) is 3. The molecule has 0 saturated carbocycles. The molecule has 7 nitrogen and oxygen atoms in total. The first-order valence-corrected chi connectivity index (χ1v) is 8.85. The third kappa shape index (κ3) is 5.80. The largest absolute Gasteiger partial charge is 0.483 e. The molecule has 2 aromatic carbocycles. The second kappa shape index (κ2) is 7.60. The Morgan fingerprint density at radius 1 is 1.21 bits per heavy atom. The van der Waals surface area contributed by atoms with Crippen LogP contribution in [-0.4, -0.2) is 20.9 Å². The van der Waals surface area contributed by atoms with E-state index in [-0.39, 0.29) is 12.3 Å². The molecule has 0 fully saturated rings. The van der Waals surface area contributed by atoms with E-state index < -0.39 is 21.9 Å². The Bertz CT molecular complexity index is 861. The van der Waals surface area contributed by atoms with Crippen molar-refractivity contribution < 1.29 is 22.3 Å². The van der Waals surface area contributed by atoms with Gasteiger partial charge in [0.1, 0.15) is 11.6 Å². The highest BCUT2D eigenvalue weighted by atomic mass is 79.9. The Kier molecular flexibility index (Phi) is 5.75. The van der Waals surface area contributed by atoms with E-state index in [2.05, 4.69) is 26.0 Å². The van der Waals surface area contributed by atoms with Gasteiger partial charge in [-0.05, 0) is 52.3 Å². The van der Waals surface area contributed by atoms with Crippen molar-refractivity contribution in [1.82, 2.24) is 0 Å². The van der Waals surface area contributed by atoms with Gasteiger partial charge in [0.15, 0.2) is 6.61 Å². The average Bonchev–Trinajstić information content (AvgIpc) is 2.45. The summed E-state index contributed by atoms with van der Waals surface area (Å²) in [6.45, 7) is -0.308. The molecule has 2 aromatic rings. The van der Waals surface area contributed by atoms with Crippen LogP contribution >= 0.6 is 15.9 Å². The molecule has 0 aromatic heterocycles. The number of amides is 1. The fourth-order valence-corrected chi connectivity index (χ4v) is 2.68. The van der Waals surface area contributed by atoms with Crippen LogP contribution in [-0.2, 0) is 15.0 Å². The number of anilines is 2. The van der Waals surface area contributed by atoms with E-state index in [0.717, 1.165) is 0 Å². The van der Waals surface area contributed by atoms with Crippen LogP contribution in [0.1, 0.15) is 0 Å². The molecule has 0 atom stereocenters. The quantitative estimate of drug-likeness (QED) is 0.668. The van der Waals surface area contributed by atoms with Gasteiger partial charge in [-0.3, -0.25) is 9.52 Å². The summed E-state index contributed by atoms with van der Waals surface area (Å²) in [5, 5.41) is 7.42. The highest BCUT2D eigenvalue weighted by molar-refractivity contribution is 9.10. The summed E-state index contributed by atoms with van der Waals surface area (Å²) in [5.41, 5.74) is 0.563. The molecule has 0 saturated heterocycles. The Morgan fingerprint density at radius 3 is 2.58 bits per heavy atom. The number of rotatable bonds is 6. The molecule has 2 rings (SSSR count). The lowest BCUT2D eigenvalue weighted by Crippen LogP contribution is -2.22. The Balaban J connectivity index is 1.96. The van der Waals surface area contributed by atoms with E-state index in [1.807, 2.05) is 0 Å². The maximum Gasteiger partial charge on any atom is 0.296 e. The first-order chi connectivity index (χ1) is 11.2. The van der Waals surface area contributed by atoms with Gasteiger partial charge < -0.3 is 10.1 Å². The minimum absolute atomic E-state index is 0.206. The Hall–Kier alpha value is -2.17. The highest BCUT2D eigenvalue weighted by Crippen LogP contribution is 2.25. The van der Waals surface area contributed by atoms with Crippen LogP contribution in [0.2, 0.25) is 0 Å². The van der Waals surface area contributed by atoms with Crippen LogP contribution in [0, 0.1) is 5.82 Å². The molecular weight excluding hydrogens is 405 g/mol. The zero-order valence-electron chi connectivity index (χ0n) is 12.1. The predicted molar refractivity (Wildman–Crippen MR) is 91.4 cm³/mol. The van der Waals surface area contributed by atoms with E-state index in [0.29, 0.717) is 15.9 Å². The van der Waals surface area contributed by atoms with Crippen molar-refractivity contribution in [1.29, 1.82) is 0 Å². The summed E-state index contributed by atoms with van der Waals surface area (Å²) in [4.78, 5) is 11.9. The molecule has 0 aliphatic rings. The normalized spacial score (nSPS) is 11.0. The molecule has 0 bridgehead atoms. The minimum atomic E-state index is -3.90. The monoisotopic (exact) mass is 417 g/mol. The van der Waals surface area contributed by atoms with Crippen LogP contribution in [0.25, 0.3) is 0 Å². The second-order valence-electron chi connectivity index (χ2n) is 4.64. The van der Waals surface area contributed by atoms with Crippen LogP contribution in [0.15, 0.2) is 46.9 Å². The van der Waals surface area contributed by atoms with Crippen LogP contribution in [0.4, 0.5) is 15.8 Å². The predicted octanol–water partition coefficient (Wildman–Crippen LogP) is 2.22. The standard InChI is InChI=1S/C14H13BrFN3O4S/c15-12-6-9(16)4-5-13(12)23-8-14(20)18-10-2-1-3-11(7-10)19-24(17,21)22/h1-7,19H,8H2,(H,18,20)(H2,17,21,22). The smallest absolute Gasteiger partial charge is 0.296 e. The molecule has 1 amide bonds. The van der Waals surface area contributed by atoms with Gasteiger partial charge in [0.2, 0.25) is 0 Å². The maximum absolute atomic E-state index is 13.0. The van der Waals surface area contributed by atoms with Crippen molar-refractivity contribution in [2.75, 3.05) is 16.6 Å². The molecule has 0 heterocycles. The minimum Gasteiger partial charge on any atom is -0.483 e. The highest BCUT2D eigenvalue weighted by Gasteiger charge is 2.08. The number of nitrogens with two attached hydrogens (primary N) is 1. The third-order valence-corrected chi connectivity index (χ3v) is 3.80. The van der Waals surface area contributed by atoms with E-state index in [1.54, 1.807) is 12.1 Å². The van der Waals surface area contributed by atoms with Crippen molar-refractivity contribution in [2.24, 2.45) is 5.14 Å². The lowest BCUT2D eigenvalue weighted by atomic mass is 10.3. The van der Waals surface area contributed by atoms with Gasteiger partial charge in [0.25, 0.3) is 16.1 Å². The number of hydrogen-bond acceptors (Lipinski definition) is 4. The SMILES string of the molecule is NS(=O)(=O)Nc1cccc(NC(=O)COc2ccc(F)cc2Br)c1. The molecule has 0 aliphatic heterocycles. The van der Waals surface area contributed by atoms with Gasteiger partial charge in [-0.1, -0.05) is 6.07 Å². The second-order valence-corrected chi connectivity index (χ2v) is 6.79. The zero-order chi connectivity index (χ0) is 17.7. The van der Waals surface area contributed by atoms with E-state index >= 15 is 0 Å². The van der Waals surface area contributed by atoms with Gasteiger partial charge in [-0.2, -0.15) is 8.42 Å². The molecule has 0 spiro atoms. The van der Waals surface area contributed by atoms with Crippen LogP contribution in [0.5, 0.6) is 5.75 Å². The number of benzene rings is 2. The number of carbonyl (C=O) groups excluding carboxylic acids is 1. The molecule has 0 unspecified atom stereocenters. The number of carbonyl (C=O) groups is 1. The summed E-state index contributed by atoms with van der Waals surface area (Å²) in [6.07, 6.45) is 0. The molecular formula is C14H13BrFN3O4S. The van der Waals surface area contributed by atoms with Gasteiger partial charge >= 0.3 is 0 Å². The van der Waals surface area contributed by atoms with Crippen molar-refractivity contribution in [2.45, 2.75) is 0 Å². The van der Waals surface area contributed by atoms with E-state index in [9.17, 15) is 17.6 Å². The van der Waals surface area contributed by atoms with Crippen LogP contribution < -0.4 is 19.9 Å². The van der Waals surface area contributed by atoms with Crippen molar-refractivity contribution in [3.8, 4) is 5.75 Å². The average molecular weight is 418 g/mol. The molecule has 128 valence electrons. The lowest BCUT2D eigenvalue weighted by Gasteiger charge is -2.10. The zero-order valence-corrected chi connectivity index (χ0v) is 14.5. The summed E-state index contributed by atoms with van der Waals surface area (Å²) < 4.78 is 42.7. The van der Waals surface area contributed by atoms with Crippen molar-refractivity contribution in [3.05, 3.63) is 52.8 Å². The first kappa shape index (κ1) is 18.2. The summed E-state index contributed by atoms with van der Waals surface area (Å²) in [5.74, 6) is -0.590. The molecule has 0 radical (unpaired) electrons. The van der Waals surface area contributed by atoms with E-state index in [4.69, 9.17) is 9.88 Å². The van der Waals surface area contributed by atoms with E-state index in [1.165, 1.54) is 30.3 Å². The Morgan fingerprint density at radius 2 is 1.92 bits per heavy atom. The van der Waals surface area contributed by atoms with Crippen LogP contribution in [0.3, 0.4) is 0 Å². The maximum atomic E-state index is 13.0. The lowest BCUT2D eigenvalue weighted by molar-refractivity contribution is -0.118. The fourth-order valence-electron chi connectivity index (χ4n) is 1.76. The fraction of sp³-hybridized carbons (Fsp3) is 0.0714. The first-order valence-electron chi connectivity index (χ1n) is 6.51. The Labute approximate surface area is 146 Å². The van der Waals surface area contributed by atoms with Gasteiger partial charge in [-0.15, -0.1) is 0 Å². The van der Waals surface area contributed by atoms with Crippen molar-refractivity contribution in [3.63, 3.8) is 0 Å². The molecule has 0 aliphatic carbocycles. The van der Waals surface area contributed by atoms with Gasteiger partial charge in [0, 0.05) is 5.69 Å². The van der Waals surface area contributed by atoms with Gasteiger partial charge in [0.05, 0.1) is 10.2 Å². The summed E-state index contributed by atoms with van der Waals surface area (Å²) in [6, 6.07) is 9.81. The molecule has 4 N–H and O–H groups in total. The molecule has 10 heteroatoms. The molecule has 24 heavy (non-hydrogen) atoms. The summed E-state index contributed by atoms with van der Waals surface area (Å²) in [7, 11) is -3.90. The number of halogens is 2. The van der Waals surface area contributed by atoms with Crippen molar-refractivity contribution >= 4 is 43.4 Å². The van der Waals surface area contributed by atoms with Gasteiger partial charge in [-0.25, -0.2) is 9.53 Å². The third-order valence-electron chi connectivity index (χ3n) is 2.66. The number of nitrogens with one attached hydrogen (secondary N) is 2. The summed E-state index contributed by atoms with van der Waals surface area (Å²) >= 11 is 3.13.